The molecule has 4 rings (SSSR count). The molecule has 2 aliphatic heterocycles. The molecule has 1 aromatic carbocycles. The average Bonchev–Trinajstić information content (AvgIpc) is 2.73. The van der Waals surface area contributed by atoms with Crippen molar-refractivity contribution in [3.63, 3.8) is 0 Å². The van der Waals surface area contributed by atoms with Crippen molar-refractivity contribution in [2.45, 2.75) is 44.9 Å². The molecule has 0 aromatic heterocycles. The molecule has 0 unspecified atom stereocenters. The van der Waals surface area contributed by atoms with Gasteiger partial charge in [0.05, 0.1) is 0 Å². The Labute approximate surface area is 165 Å². The van der Waals surface area contributed by atoms with Gasteiger partial charge in [0.2, 0.25) is 5.91 Å². The molecule has 2 amide bonds. The van der Waals surface area contributed by atoms with E-state index in [0.717, 1.165) is 19.3 Å². The van der Waals surface area contributed by atoms with E-state index in [0.29, 0.717) is 24.9 Å². The number of piperidine rings is 1. The maximum atomic E-state index is 14.1. The van der Waals surface area contributed by atoms with Gasteiger partial charge in [-0.3, -0.25) is 9.59 Å². The number of nitrogens with zero attached hydrogens (tertiary/aromatic N) is 3. The number of carbonyl (C=O) groups excluding carboxylic acids is 2. The van der Waals surface area contributed by atoms with Crippen LogP contribution in [0.2, 0.25) is 0 Å². The van der Waals surface area contributed by atoms with Gasteiger partial charge >= 0.3 is 0 Å². The molecular weight excluding hydrogens is 390 g/mol. The zero-order chi connectivity index (χ0) is 20.7. The first-order chi connectivity index (χ1) is 13.9. The first kappa shape index (κ1) is 19.8. The Kier molecular flexibility index (Phi) is 5.31. The largest absolute Gasteiger partial charge is 0.337 e. The summed E-state index contributed by atoms with van der Waals surface area (Å²) in [5.74, 6) is -6.93. The normalized spacial score (nSPS) is 25.0. The van der Waals surface area contributed by atoms with Gasteiger partial charge in [-0.05, 0) is 24.7 Å². The number of hydrazone groups is 1. The molecule has 2 heterocycles. The topological polar surface area (TPSA) is 53.0 Å². The molecule has 1 saturated carbocycles. The maximum absolute atomic E-state index is 14.1. The van der Waals surface area contributed by atoms with Crippen molar-refractivity contribution in [1.82, 2.24) is 4.90 Å². The van der Waals surface area contributed by atoms with Crippen molar-refractivity contribution in [2.75, 3.05) is 18.1 Å². The minimum atomic E-state index is -1.72. The molecule has 5 nitrogen and oxygen atoms in total. The second kappa shape index (κ2) is 7.76. The standard InChI is InChI=1S/C20H21F4N3O2/c21-13-9-14(22)18(24)19(17(13)23)27-16(28)6-5-15(25-27)20(29)26-8-7-11-3-1-2-4-12(11)10-26/h9,11-12H,1-8,10H2/t11-,12-/m1/s1. The lowest BCUT2D eigenvalue weighted by atomic mass is 9.75. The second-order valence-electron chi connectivity index (χ2n) is 7.91. The summed E-state index contributed by atoms with van der Waals surface area (Å²) < 4.78 is 55.4. The summed E-state index contributed by atoms with van der Waals surface area (Å²) in [5.41, 5.74) is -1.27. The number of halogens is 4. The van der Waals surface area contributed by atoms with Crippen molar-refractivity contribution in [2.24, 2.45) is 16.9 Å². The van der Waals surface area contributed by atoms with E-state index in [4.69, 9.17) is 0 Å². The van der Waals surface area contributed by atoms with Crippen molar-refractivity contribution in [1.29, 1.82) is 0 Å². The molecule has 3 aliphatic rings. The zero-order valence-electron chi connectivity index (χ0n) is 15.8. The summed E-state index contributed by atoms with van der Waals surface area (Å²) in [6.45, 7) is 1.15. The van der Waals surface area contributed by atoms with Crippen LogP contribution < -0.4 is 5.01 Å². The fourth-order valence-electron chi connectivity index (χ4n) is 4.60. The minimum absolute atomic E-state index is 0.0137. The van der Waals surface area contributed by atoms with Crippen LogP contribution in [0.4, 0.5) is 23.2 Å². The maximum Gasteiger partial charge on any atom is 0.270 e. The van der Waals surface area contributed by atoms with Gasteiger partial charge in [-0.2, -0.15) is 10.1 Å². The molecule has 0 N–H and O–H groups in total. The third-order valence-electron chi connectivity index (χ3n) is 6.16. The number of carbonyl (C=O) groups is 2. The van der Waals surface area contributed by atoms with Crippen LogP contribution in [0.1, 0.15) is 44.9 Å². The van der Waals surface area contributed by atoms with E-state index in [2.05, 4.69) is 5.10 Å². The van der Waals surface area contributed by atoms with E-state index in [-0.39, 0.29) is 29.6 Å². The van der Waals surface area contributed by atoms with Crippen molar-refractivity contribution >= 4 is 23.2 Å². The quantitative estimate of drug-likeness (QED) is 0.550. The fourth-order valence-corrected chi connectivity index (χ4v) is 4.60. The number of hydrogen-bond acceptors (Lipinski definition) is 3. The highest BCUT2D eigenvalue weighted by molar-refractivity contribution is 6.40. The summed E-state index contributed by atoms with van der Waals surface area (Å²) in [4.78, 5) is 26.8. The Morgan fingerprint density at radius 2 is 1.62 bits per heavy atom. The van der Waals surface area contributed by atoms with Crippen LogP contribution in [0.5, 0.6) is 0 Å². The number of fused-ring (bicyclic) bond motifs is 1. The Morgan fingerprint density at radius 1 is 0.966 bits per heavy atom. The molecule has 1 aliphatic carbocycles. The van der Waals surface area contributed by atoms with E-state index in [1.54, 1.807) is 4.90 Å². The van der Waals surface area contributed by atoms with Gasteiger partial charge < -0.3 is 4.90 Å². The molecule has 0 radical (unpaired) electrons. The van der Waals surface area contributed by atoms with Crippen molar-refractivity contribution in [3.8, 4) is 0 Å². The summed E-state index contributed by atoms with van der Waals surface area (Å²) in [7, 11) is 0. The van der Waals surface area contributed by atoms with Gasteiger partial charge in [0.25, 0.3) is 5.91 Å². The molecule has 156 valence electrons. The molecule has 9 heteroatoms. The van der Waals surface area contributed by atoms with Crippen LogP contribution in [0.15, 0.2) is 11.2 Å². The molecule has 0 spiro atoms. The number of benzene rings is 1. The summed E-state index contributed by atoms with van der Waals surface area (Å²) in [5, 5.41) is 4.09. The molecule has 2 fully saturated rings. The van der Waals surface area contributed by atoms with E-state index in [1.807, 2.05) is 0 Å². The Bertz CT molecular complexity index is 863. The number of hydrogen-bond donors (Lipinski definition) is 0. The van der Waals surface area contributed by atoms with E-state index >= 15 is 0 Å². The van der Waals surface area contributed by atoms with Crippen LogP contribution in [0, 0.1) is 35.1 Å². The van der Waals surface area contributed by atoms with Crippen LogP contribution in [0.3, 0.4) is 0 Å². The van der Waals surface area contributed by atoms with Gasteiger partial charge in [0.1, 0.15) is 11.4 Å². The number of amides is 2. The summed E-state index contributed by atoms with van der Waals surface area (Å²) >= 11 is 0. The van der Waals surface area contributed by atoms with Crippen LogP contribution in [-0.2, 0) is 9.59 Å². The lowest BCUT2D eigenvalue weighted by Crippen LogP contribution is -2.48. The number of rotatable bonds is 2. The summed E-state index contributed by atoms with van der Waals surface area (Å²) in [6.07, 6.45) is 5.24. The lowest BCUT2D eigenvalue weighted by molar-refractivity contribution is -0.127. The zero-order valence-corrected chi connectivity index (χ0v) is 15.8. The average molecular weight is 411 g/mol. The van der Waals surface area contributed by atoms with Gasteiger partial charge in [-0.1, -0.05) is 19.3 Å². The molecule has 2 atom stereocenters. The fraction of sp³-hybridized carbons (Fsp3) is 0.550. The Morgan fingerprint density at radius 3 is 2.31 bits per heavy atom. The smallest absolute Gasteiger partial charge is 0.270 e. The Balaban J connectivity index is 1.61. The molecule has 0 bridgehead atoms. The first-order valence-electron chi connectivity index (χ1n) is 9.89. The summed E-state index contributed by atoms with van der Waals surface area (Å²) in [6, 6.07) is 0.0622. The SMILES string of the molecule is O=C(C1=NN(c2c(F)c(F)cc(F)c2F)C(=O)CC1)N1CC[C@H]2CCCC[C@@H]2C1. The van der Waals surface area contributed by atoms with Gasteiger partial charge in [-0.15, -0.1) is 0 Å². The first-order valence-corrected chi connectivity index (χ1v) is 9.89. The van der Waals surface area contributed by atoms with Gasteiger partial charge in [0, 0.05) is 32.0 Å². The van der Waals surface area contributed by atoms with E-state index in [1.165, 1.54) is 12.8 Å². The van der Waals surface area contributed by atoms with E-state index < -0.39 is 40.8 Å². The third kappa shape index (κ3) is 3.62. The van der Waals surface area contributed by atoms with Crippen molar-refractivity contribution in [3.05, 3.63) is 29.3 Å². The molecular formula is C20H21F4N3O2. The number of anilines is 1. The lowest BCUT2D eigenvalue weighted by Gasteiger charge is -2.41. The highest BCUT2D eigenvalue weighted by atomic mass is 19.2. The van der Waals surface area contributed by atoms with E-state index in [9.17, 15) is 27.2 Å². The Hall–Kier alpha value is -2.45. The predicted molar refractivity (Wildman–Crippen MR) is 97.1 cm³/mol. The molecule has 1 saturated heterocycles. The predicted octanol–water partition coefficient (Wildman–Crippen LogP) is 3.76. The van der Waals surface area contributed by atoms with Gasteiger partial charge in [-0.25, -0.2) is 17.6 Å². The molecule has 1 aromatic rings. The second-order valence-corrected chi connectivity index (χ2v) is 7.91. The van der Waals surface area contributed by atoms with Crippen LogP contribution in [0.25, 0.3) is 0 Å². The minimum Gasteiger partial charge on any atom is -0.337 e. The highest BCUT2D eigenvalue weighted by Crippen LogP contribution is 2.36. The monoisotopic (exact) mass is 411 g/mol. The van der Waals surface area contributed by atoms with Gasteiger partial charge in [0.15, 0.2) is 23.3 Å². The van der Waals surface area contributed by atoms with Crippen molar-refractivity contribution < 1.29 is 27.2 Å². The number of likely N-dealkylation sites (tertiary alicyclic amines) is 1. The van der Waals surface area contributed by atoms with Crippen LogP contribution in [-0.4, -0.2) is 35.5 Å². The molecule has 29 heavy (non-hydrogen) atoms. The highest BCUT2D eigenvalue weighted by Gasteiger charge is 2.37. The third-order valence-corrected chi connectivity index (χ3v) is 6.16. The van der Waals surface area contributed by atoms with Crippen LogP contribution >= 0.6 is 0 Å².